The van der Waals surface area contributed by atoms with E-state index in [0.717, 1.165) is 36.4 Å². The van der Waals surface area contributed by atoms with E-state index in [9.17, 15) is 9.59 Å². The van der Waals surface area contributed by atoms with Gasteiger partial charge in [0.1, 0.15) is 6.10 Å². The van der Waals surface area contributed by atoms with Crippen LogP contribution in [0.4, 0.5) is 10.8 Å². The lowest BCUT2D eigenvalue weighted by Crippen LogP contribution is -2.36. The molecule has 3 heterocycles. The number of anilines is 2. The van der Waals surface area contributed by atoms with Crippen LogP contribution in [0.3, 0.4) is 0 Å². The van der Waals surface area contributed by atoms with Gasteiger partial charge in [0.25, 0.3) is 5.91 Å². The fourth-order valence-electron chi connectivity index (χ4n) is 3.72. The van der Waals surface area contributed by atoms with Crippen LogP contribution < -0.4 is 20.1 Å². The molecular formula is C21H26N4O5S. The standard InChI is InChI=1S/C21H26N4O5S/c1-28-15-6-5-13(10-17(15)29-2)22-19(26)12-25-8-7-14-18(11-25)31-21(23-14)24-20(27)16-4-3-9-30-16/h5-6,10,16H,3-4,7-9,11-12H2,1-2H3,(H,22,26)(H,23,24,27). The minimum atomic E-state index is -0.377. The Hall–Kier alpha value is -2.69. The molecule has 1 fully saturated rings. The molecule has 2 aliphatic heterocycles. The van der Waals surface area contributed by atoms with Crippen LogP contribution in [0.1, 0.15) is 23.4 Å². The first-order valence-corrected chi connectivity index (χ1v) is 11.0. The average molecular weight is 447 g/mol. The topological polar surface area (TPSA) is 102 Å². The molecule has 9 nitrogen and oxygen atoms in total. The molecule has 4 rings (SSSR count). The maximum atomic E-state index is 12.5. The van der Waals surface area contributed by atoms with Gasteiger partial charge < -0.3 is 19.5 Å². The fourth-order valence-corrected chi connectivity index (χ4v) is 4.78. The number of benzene rings is 1. The molecule has 2 aliphatic rings. The normalized spacial score (nSPS) is 18.3. The molecule has 2 N–H and O–H groups in total. The van der Waals surface area contributed by atoms with Gasteiger partial charge in [-0.2, -0.15) is 0 Å². The van der Waals surface area contributed by atoms with E-state index in [1.165, 1.54) is 11.3 Å². The van der Waals surface area contributed by atoms with Gasteiger partial charge in [0.15, 0.2) is 16.6 Å². The van der Waals surface area contributed by atoms with Gasteiger partial charge in [0.2, 0.25) is 5.91 Å². The van der Waals surface area contributed by atoms with Crippen LogP contribution in [0.15, 0.2) is 18.2 Å². The van der Waals surface area contributed by atoms with Gasteiger partial charge in [0.05, 0.1) is 26.5 Å². The Bertz CT molecular complexity index is 957. The summed E-state index contributed by atoms with van der Waals surface area (Å²) in [4.78, 5) is 32.5. The Morgan fingerprint density at radius 1 is 1.26 bits per heavy atom. The zero-order valence-corrected chi connectivity index (χ0v) is 18.4. The molecule has 1 aromatic carbocycles. The molecule has 10 heteroatoms. The molecule has 0 radical (unpaired) electrons. The highest BCUT2D eigenvalue weighted by atomic mass is 32.1. The molecule has 1 aromatic heterocycles. The second-order valence-corrected chi connectivity index (χ2v) is 8.54. The fraction of sp³-hybridized carbons (Fsp3) is 0.476. The molecule has 1 atom stereocenters. The van der Waals surface area contributed by atoms with Crippen molar-refractivity contribution in [3.8, 4) is 11.5 Å². The molecule has 31 heavy (non-hydrogen) atoms. The zero-order valence-electron chi connectivity index (χ0n) is 17.6. The van der Waals surface area contributed by atoms with E-state index in [1.807, 2.05) is 0 Å². The van der Waals surface area contributed by atoms with Crippen LogP contribution in [0.25, 0.3) is 0 Å². The number of nitrogens with zero attached hydrogens (tertiary/aromatic N) is 2. The van der Waals surface area contributed by atoms with E-state index >= 15 is 0 Å². The molecule has 0 saturated carbocycles. The van der Waals surface area contributed by atoms with E-state index in [1.54, 1.807) is 32.4 Å². The first-order chi connectivity index (χ1) is 15.1. The van der Waals surface area contributed by atoms with Crippen LogP contribution in [0.5, 0.6) is 11.5 Å². The number of hydrogen-bond acceptors (Lipinski definition) is 8. The van der Waals surface area contributed by atoms with E-state index in [4.69, 9.17) is 14.2 Å². The summed E-state index contributed by atoms with van der Waals surface area (Å²) in [6.45, 7) is 2.26. The number of methoxy groups -OCH3 is 2. The lowest BCUT2D eigenvalue weighted by Gasteiger charge is -2.25. The Balaban J connectivity index is 1.32. The van der Waals surface area contributed by atoms with Gasteiger partial charge in [-0.25, -0.2) is 4.98 Å². The Morgan fingerprint density at radius 2 is 2.10 bits per heavy atom. The molecular weight excluding hydrogens is 420 g/mol. The van der Waals surface area contributed by atoms with Crippen molar-refractivity contribution in [2.75, 3.05) is 44.5 Å². The van der Waals surface area contributed by atoms with Gasteiger partial charge in [-0.15, -0.1) is 11.3 Å². The van der Waals surface area contributed by atoms with Gasteiger partial charge in [-0.05, 0) is 25.0 Å². The molecule has 0 spiro atoms. The SMILES string of the molecule is COc1ccc(NC(=O)CN2CCc3nc(NC(=O)C4CCCO4)sc3C2)cc1OC. The average Bonchev–Trinajstić information content (AvgIpc) is 3.43. The number of thiazole rings is 1. The predicted octanol–water partition coefficient (Wildman–Crippen LogP) is 2.27. The van der Waals surface area contributed by atoms with Crippen LogP contribution in [0.2, 0.25) is 0 Å². The first kappa shape index (κ1) is 21.5. The third-order valence-electron chi connectivity index (χ3n) is 5.30. The summed E-state index contributed by atoms with van der Waals surface area (Å²) < 4.78 is 15.9. The van der Waals surface area contributed by atoms with E-state index < -0.39 is 0 Å². The maximum absolute atomic E-state index is 12.5. The van der Waals surface area contributed by atoms with Crippen molar-refractivity contribution < 1.29 is 23.8 Å². The first-order valence-electron chi connectivity index (χ1n) is 10.2. The van der Waals surface area contributed by atoms with E-state index in [2.05, 4.69) is 20.5 Å². The molecule has 166 valence electrons. The lowest BCUT2D eigenvalue weighted by molar-refractivity contribution is -0.124. The van der Waals surface area contributed by atoms with Crippen molar-refractivity contribution in [3.63, 3.8) is 0 Å². The molecule has 1 unspecified atom stereocenters. The van der Waals surface area contributed by atoms with Gasteiger partial charge >= 0.3 is 0 Å². The Morgan fingerprint density at radius 3 is 2.84 bits per heavy atom. The summed E-state index contributed by atoms with van der Waals surface area (Å²) in [6, 6.07) is 5.27. The smallest absolute Gasteiger partial charge is 0.255 e. The highest BCUT2D eigenvalue weighted by Gasteiger charge is 2.26. The highest BCUT2D eigenvalue weighted by Crippen LogP contribution is 2.31. The maximum Gasteiger partial charge on any atom is 0.255 e. The third-order valence-corrected chi connectivity index (χ3v) is 6.29. The highest BCUT2D eigenvalue weighted by molar-refractivity contribution is 7.15. The molecule has 2 aromatic rings. The van der Waals surface area contributed by atoms with E-state index in [-0.39, 0.29) is 24.5 Å². The largest absolute Gasteiger partial charge is 0.493 e. The van der Waals surface area contributed by atoms with Crippen LogP contribution >= 0.6 is 11.3 Å². The number of amides is 2. The second kappa shape index (κ2) is 9.63. The van der Waals surface area contributed by atoms with Crippen molar-refractivity contribution in [1.29, 1.82) is 0 Å². The molecule has 0 aliphatic carbocycles. The molecule has 0 bridgehead atoms. The third kappa shape index (κ3) is 5.15. The number of fused-ring (bicyclic) bond motifs is 1. The summed E-state index contributed by atoms with van der Waals surface area (Å²) in [7, 11) is 3.13. The number of carbonyl (C=O) groups excluding carboxylic acids is 2. The summed E-state index contributed by atoms with van der Waals surface area (Å²) in [5.74, 6) is 0.934. The van der Waals surface area contributed by atoms with Crippen molar-refractivity contribution >= 4 is 34.0 Å². The van der Waals surface area contributed by atoms with Crippen molar-refractivity contribution in [3.05, 3.63) is 28.8 Å². The quantitative estimate of drug-likeness (QED) is 0.673. The predicted molar refractivity (Wildman–Crippen MR) is 117 cm³/mol. The van der Waals surface area contributed by atoms with Crippen molar-refractivity contribution in [1.82, 2.24) is 9.88 Å². The van der Waals surface area contributed by atoms with Crippen LogP contribution in [-0.2, 0) is 27.3 Å². The number of carbonyl (C=O) groups is 2. The minimum absolute atomic E-state index is 0.105. The van der Waals surface area contributed by atoms with Crippen LogP contribution in [-0.4, -0.2) is 61.7 Å². The zero-order chi connectivity index (χ0) is 21.8. The summed E-state index contributed by atoms with van der Waals surface area (Å²) in [6.07, 6.45) is 2.02. The van der Waals surface area contributed by atoms with E-state index in [0.29, 0.717) is 35.5 Å². The summed E-state index contributed by atoms with van der Waals surface area (Å²) in [5.41, 5.74) is 1.64. The number of aromatic nitrogens is 1. The Labute approximate surface area is 184 Å². The summed E-state index contributed by atoms with van der Waals surface area (Å²) in [5, 5.41) is 6.37. The summed E-state index contributed by atoms with van der Waals surface area (Å²) >= 11 is 1.46. The number of ether oxygens (including phenoxy) is 3. The van der Waals surface area contributed by atoms with Crippen LogP contribution in [0, 0.1) is 0 Å². The lowest BCUT2D eigenvalue weighted by atomic mass is 10.2. The van der Waals surface area contributed by atoms with Gasteiger partial charge in [-0.3, -0.25) is 19.8 Å². The number of hydrogen-bond donors (Lipinski definition) is 2. The Kier molecular flexibility index (Phi) is 6.69. The van der Waals surface area contributed by atoms with Gasteiger partial charge in [0, 0.05) is 42.7 Å². The molecule has 2 amide bonds. The van der Waals surface area contributed by atoms with Crippen molar-refractivity contribution in [2.45, 2.75) is 31.9 Å². The van der Waals surface area contributed by atoms with Gasteiger partial charge in [-0.1, -0.05) is 0 Å². The minimum Gasteiger partial charge on any atom is -0.493 e. The monoisotopic (exact) mass is 446 g/mol. The second-order valence-electron chi connectivity index (χ2n) is 7.46. The molecule has 1 saturated heterocycles. The van der Waals surface area contributed by atoms with Crippen molar-refractivity contribution in [2.24, 2.45) is 0 Å². The number of nitrogens with one attached hydrogen (secondary N) is 2. The number of rotatable bonds is 7.